The minimum atomic E-state index is -0.424. The second-order valence-corrected chi connectivity index (χ2v) is 3.99. The van der Waals surface area contributed by atoms with Crippen LogP contribution in [0.4, 0.5) is 5.82 Å². The molecule has 1 aliphatic heterocycles. The molecule has 2 rings (SSSR count). The molecule has 1 saturated heterocycles. The number of rotatable bonds is 3. The van der Waals surface area contributed by atoms with Gasteiger partial charge in [0.1, 0.15) is 5.82 Å². The predicted molar refractivity (Wildman–Crippen MR) is 62.2 cm³/mol. The van der Waals surface area contributed by atoms with Gasteiger partial charge in [0, 0.05) is 30.9 Å². The molecule has 0 spiro atoms. The summed E-state index contributed by atoms with van der Waals surface area (Å²) in [5.41, 5.74) is 11.4. The molecule has 2 heterocycles. The Hall–Kier alpha value is -1.62. The van der Waals surface area contributed by atoms with E-state index in [2.05, 4.69) is 9.88 Å². The number of nitrogens with zero attached hydrogens (tertiary/aromatic N) is 2. The lowest BCUT2D eigenvalue weighted by Crippen LogP contribution is -2.36. The monoisotopic (exact) mass is 220 g/mol. The fraction of sp³-hybridized carbons (Fsp3) is 0.455. The van der Waals surface area contributed by atoms with Crippen LogP contribution in [0.2, 0.25) is 0 Å². The van der Waals surface area contributed by atoms with Crippen molar-refractivity contribution in [2.45, 2.75) is 18.9 Å². The van der Waals surface area contributed by atoms with E-state index in [0.29, 0.717) is 18.2 Å². The molecule has 0 bridgehead atoms. The molecule has 86 valence electrons. The number of hydrogen-bond donors (Lipinski definition) is 2. The van der Waals surface area contributed by atoms with Crippen LogP contribution in [0, 0.1) is 0 Å². The normalized spacial score (nSPS) is 20.1. The van der Waals surface area contributed by atoms with Crippen LogP contribution in [0.1, 0.15) is 23.2 Å². The second kappa shape index (κ2) is 4.49. The van der Waals surface area contributed by atoms with Crippen molar-refractivity contribution < 1.29 is 4.79 Å². The molecular formula is C11H16N4O. The molecule has 16 heavy (non-hydrogen) atoms. The summed E-state index contributed by atoms with van der Waals surface area (Å²) >= 11 is 0. The first-order valence-corrected chi connectivity index (χ1v) is 5.45. The van der Waals surface area contributed by atoms with Gasteiger partial charge in [0.05, 0.1) is 0 Å². The summed E-state index contributed by atoms with van der Waals surface area (Å²) in [6, 6.07) is 3.69. The maximum Gasteiger partial charge on any atom is 0.248 e. The van der Waals surface area contributed by atoms with Crippen molar-refractivity contribution in [2.24, 2.45) is 11.5 Å². The molecule has 0 aliphatic carbocycles. The smallest absolute Gasteiger partial charge is 0.248 e. The molecule has 4 N–H and O–H groups in total. The minimum Gasteiger partial charge on any atom is -0.366 e. The van der Waals surface area contributed by atoms with Gasteiger partial charge in [-0.25, -0.2) is 4.98 Å². The third kappa shape index (κ3) is 1.99. The van der Waals surface area contributed by atoms with Crippen molar-refractivity contribution in [3.8, 4) is 0 Å². The number of pyridine rings is 1. The first-order valence-electron chi connectivity index (χ1n) is 5.45. The zero-order chi connectivity index (χ0) is 11.5. The number of anilines is 1. The van der Waals surface area contributed by atoms with Gasteiger partial charge in [-0.1, -0.05) is 0 Å². The Morgan fingerprint density at radius 2 is 2.44 bits per heavy atom. The van der Waals surface area contributed by atoms with Crippen molar-refractivity contribution >= 4 is 11.7 Å². The summed E-state index contributed by atoms with van der Waals surface area (Å²) in [6.45, 7) is 1.56. The van der Waals surface area contributed by atoms with Crippen LogP contribution in [0.25, 0.3) is 0 Å². The van der Waals surface area contributed by atoms with E-state index in [1.54, 1.807) is 18.3 Å². The third-order valence-corrected chi connectivity index (χ3v) is 2.97. The van der Waals surface area contributed by atoms with Gasteiger partial charge in [-0.05, 0) is 25.0 Å². The molecule has 1 aromatic rings. The molecular weight excluding hydrogens is 204 g/mol. The lowest BCUT2D eigenvalue weighted by Gasteiger charge is -2.24. The van der Waals surface area contributed by atoms with Crippen LogP contribution in [0.15, 0.2) is 18.3 Å². The lowest BCUT2D eigenvalue weighted by atomic mass is 10.2. The molecule has 0 radical (unpaired) electrons. The van der Waals surface area contributed by atoms with Crippen LogP contribution in [0.5, 0.6) is 0 Å². The number of hydrogen-bond acceptors (Lipinski definition) is 4. The van der Waals surface area contributed by atoms with Crippen molar-refractivity contribution in [2.75, 3.05) is 18.0 Å². The molecule has 1 aromatic heterocycles. The molecule has 1 unspecified atom stereocenters. The van der Waals surface area contributed by atoms with Crippen LogP contribution in [-0.2, 0) is 0 Å². The lowest BCUT2D eigenvalue weighted by molar-refractivity contribution is 0.1000. The van der Waals surface area contributed by atoms with Crippen molar-refractivity contribution in [3.63, 3.8) is 0 Å². The van der Waals surface area contributed by atoms with Gasteiger partial charge in [0.15, 0.2) is 0 Å². The highest BCUT2D eigenvalue weighted by atomic mass is 16.1. The summed E-state index contributed by atoms with van der Waals surface area (Å²) in [5.74, 6) is 0.372. The van der Waals surface area contributed by atoms with Gasteiger partial charge in [-0.15, -0.1) is 0 Å². The van der Waals surface area contributed by atoms with Gasteiger partial charge < -0.3 is 16.4 Å². The second-order valence-electron chi connectivity index (χ2n) is 3.99. The maximum absolute atomic E-state index is 11.1. The number of nitrogens with two attached hydrogens (primary N) is 2. The fourth-order valence-corrected chi connectivity index (χ4v) is 2.11. The van der Waals surface area contributed by atoms with Crippen molar-refractivity contribution in [1.82, 2.24) is 4.98 Å². The maximum atomic E-state index is 11.1. The zero-order valence-electron chi connectivity index (χ0n) is 9.10. The van der Waals surface area contributed by atoms with E-state index in [1.165, 1.54) is 0 Å². The van der Waals surface area contributed by atoms with Gasteiger partial charge >= 0.3 is 0 Å². The van der Waals surface area contributed by atoms with Crippen LogP contribution >= 0.6 is 0 Å². The molecule has 5 heteroatoms. The van der Waals surface area contributed by atoms with Crippen molar-refractivity contribution in [1.29, 1.82) is 0 Å². The Labute approximate surface area is 94.4 Å². The zero-order valence-corrected chi connectivity index (χ0v) is 9.10. The number of amides is 1. The number of aromatic nitrogens is 1. The highest BCUT2D eigenvalue weighted by Gasteiger charge is 2.24. The Morgan fingerprint density at radius 3 is 3.12 bits per heavy atom. The topological polar surface area (TPSA) is 85.2 Å². The van der Waals surface area contributed by atoms with Gasteiger partial charge in [0.25, 0.3) is 0 Å². The quantitative estimate of drug-likeness (QED) is 0.757. The van der Waals surface area contributed by atoms with Gasteiger partial charge in [-0.2, -0.15) is 0 Å². The Morgan fingerprint density at radius 1 is 1.62 bits per heavy atom. The number of primary amides is 1. The Kier molecular flexibility index (Phi) is 3.05. The molecule has 5 nitrogen and oxygen atoms in total. The molecule has 1 atom stereocenters. The van der Waals surface area contributed by atoms with Crippen LogP contribution in [-0.4, -0.2) is 30.0 Å². The summed E-state index contributed by atoms with van der Waals surface area (Å²) in [4.78, 5) is 17.5. The van der Waals surface area contributed by atoms with E-state index in [1.807, 2.05) is 0 Å². The van der Waals surface area contributed by atoms with Crippen LogP contribution in [0.3, 0.4) is 0 Å². The average Bonchev–Trinajstić information content (AvgIpc) is 2.77. The molecule has 0 aromatic carbocycles. The largest absolute Gasteiger partial charge is 0.366 e. The van der Waals surface area contributed by atoms with E-state index in [4.69, 9.17) is 11.5 Å². The molecule has 0 saturated carbocycles. The van der Waals surface area contributed by atoms with E-state index in [-0.39, 0.29) is 0 Å². The third-order valence-electron chi connectivity index (χ3n) is 2.97. The van der Waals surface area contributed by atoms with Gasteiger partial charge in [-0.3, -0.25) is 4.79 Å². The fourth-order valence-electron chi connectivity index (χ4n) is 2.11. The number of carbonyl (C=O) groups is 1. The molecule has 1 aliphatic rings. The van der Waals surface area contributed by atoms with Gasteiger partial charge in [0.2, 0.25) is 5.91 Å². The summed E-state index contributed by atoms with van der Waals surface area (Å²) in [5, 5.41) is 0. The van der Waals surface area contributed by atoms with E-state index in [0.717, 1.165) is 25.2 Å². The standard InChI is InChI=1S/C11H16N4O/c12-7-9-2-1-5-15(9)10-6-8(11(13)16)3-4-14-10/h3-4,6,9H,1-2,5,7,12H2,(H2,13,16). The van der Waals surface area contributed by atoms with Crippen LogP contribution < -0.4 is 16.4 Å². The molecule has 1 amide bonds. The highest BCUT2D eigenvalue weighted by molar-refractivity contribution is 5.93. The Bertz CT molecular complexity index is 393. The van der Waals surface area contributed by atoms with Crippen molar-refractivity contribution in [3.05, 3.63) is 23.9 Å². The number of carbonyl (C=O) groups excluding carboxylic acids is 1. The average molecular weight is 220 g/mol. The summed E-state index contributed by atoms with van der Waals surface area (Å²) in [6.07, 6.45) is 3.81. The summed E-state index contributed by atoms with van der Waals surface area (Å²) in [7, 11) is 0. The first kappa shape index (κ1) is 10.9. The van der Waals surface area contributed by atoms with E-state index >= 15 is 0 Å². The Balaban J connectivity index is 2.26. The first-order chi connectivity index (χ1) is 7.72. The van der Waals surface area contributed by atoms with E-state index < -0.39 is 5.91 Å². The van der Waals surface area contributed by atoms with E-state index in [9.17, 15) is 4.79 Å². The predicted octanol–water partition coefficient (Wildman–Crippen LogP) is 0.108. The molecule has 1 fully saturated rings. The summed E-state index contributed by atoms with van der Waals surface area (Å²) < 4.78 is 0. The minimum absolute atomic E-state index is 0.329. The highest BCUT2D eigenvalue weighted by Crippen LogP contribution is 2.23. The SMILES string of the molecule is NCC1CCCN1c1cc(C(N)=O)ccn1.